The van der Waals surface area contributed by atoms with Crippen LogP contribution in [0.2, 0.25) is 0 Å². The summed E-state index contributed by atoms with van der Waals surface area (Å²) in [5.74, 6) is -1.59. The van der Waals surface area contributed by atoms with Gasteiger partial charge in [-0.15, -0.1) is 13.2 Å². The Labute approximate surface area is 122 Å². The number of alkyl halides is 3. The second kappa shape index (κ2) is 6.33. The van der Waals surface area contributed by atoms with E-state index < -0.39 is 24.0 Å². The van der Waals surface area contributed by atoms with Gasteiger partial charge in [-0.05, 0) is 24.3 Å². The molecule has 1 N–H and O–H groups in total. The number of anilines is 1. The highest BCUT2D eigenvalue weighted by atomic mass is 19.4. The monoisotopic (exact) mass is 315 g/mol. The van der Waals surface area contributed by atoms with Gasteiger partial charge in [-0.2, -0.15) is 0 Å². The fourth-order valence-corrected chi connectivity index (χ4v) is 1.53. The molecular formula is C14H9F4NO3. The number of amides is 1. The highest BCUT2D eigenvalue weighted by Gasteiger charge is 2.31. The Morgan fingerprint density at radius 1 is 1.00 bits per heavy atom. The summed E-state index contributed by atoms with van der Waals surface area (Å²) in [6.45, 7) is 0. The zero-order chi connectivity index (χ0) is 16.2. The van der Waals surface area contributed by atoms with E-state index in [1.807, 2.05) is 0 Å². The maximum Gasteiger partial charge on any atom is 0.573 e. The molecule has 0 aromatic heterocycles. The van der Waals surface area contributed by atoms with E-state index in [0.717, 1.165) is 12.1 Å². The number of rotatable bonds is 3. The molecule has 0 aliphatic carbocycles. The van der Waals surface area contributed by atoms with Crippen molar-refractivity contribution in [2.75, 3.05) is 5.32 Å². The minimum Gasteiger partial charge on any atom is -0.410 e. The summed E-state index contributed by atoms with van der Waals surface area (Å²) in [5, 5.41) is 2.08. The van der Waals surface area contributed by atoms with Crippen LogP contribution in [0.4, 0.5) is 28.0 Å². The molecule has 22 heavy (non-hydrogen) atoms. The van der Waals surface area contributed by atoms with Crippen LogP contribution in [-0.2, 0) is 0 Å². The number of hydrogen-bond donors (Lipinski definition) is 1. The topological polar surface area (TPSA) is 47.6 Å². The van der Waals surface area contributed by atoms with Crippen molar-refractivity contribution >= 4 is 11.8 Å². The number of carbonyl (C=O) groups is 1. The summed E-state index contributed by atoms with van der Waals surface area (Å²) >= 11 is 0. The van der Waals surface area contributed by atoms with Gasteiger partial charge in [-0.25, -0.2) is 9.18 Å². The average molecular weight is 315 g/mol. The minimum absolute atomic E-state index is 0.234. The highest BCUT2D eigenvalue weighted by molar-refractivity contribution is 5.86. The third-order valence-corrected chi connectivity index (χ3v) is 2.36. The number of halogens is 4. The van der Waals surface area contributed by atoms with Crippen molar-refractivity contribution in [3.8, 4) is 11.5 Å². The van der Waals surface area contributed by atoms with E-state index >= 15 is 0 Å². The number of ether oxygens (including phenoxy) is 2. The van der Waals surface area contributed by atoms with Crippen LogP contribution in [0, 0.1) is 5.82 Å². The van der Waals surface area contributed by atoms with E-state index in [0.29, 0.717) is 6.07 Å². The molecule has 0 heterocycles. The van der Waals surface area contributed by atoms with Crippen LogP contribution < -0.4 is 14.8 Å². The number of hydrogen-bond acceptors (Lipinski definition) is 3. The molecule has 0 aliphatic heterocycles. The predicted molar refractivity (Wildman–Crippen MR) is 69.2 cm³/mol. The first kappa shape index (κ1) is 15.6. The summed E-state index contributed by atoms with van der Waals surface area (Å²) in [6.07, 6.45) is -5.90. The Balaban J connectivity index is 2.02. The van der Waals surface area contributed by atoms with Crippen LogP contribution in [0.3, 0.4) is 0 Å². The van der Waals surface area contributed by atoms with Gasteiger partial charge < -0.3 is 9.47 Å². The van der Waals surface area contributed by atoms with Crippen LogP contribution >= 0.6 is 0 Å². The largest absolute Gasteiger partial charge is 0.573 e. The lowest BCUT2D eigenvalue weighted by atomic mass is 10.3. The van der Waals surface area contributed by atoms with Gasteiger partial charge in [0, 0.05) is 6.07 Å². The molecule has 8 heteroatoms. The molecule has 0 saturated heterocycles. The van der Waals surface area contributed by atoms with E-state index in [1.165, 1.54) is 12.1 Å². The van der Waals surface area contributed by atoms with E-state index in [9.17, 15) is 22.4 Å². The standard InChI is InChI=1S/C14H9F4NO3/c15-11-8-10(22-14(16,17)18)6-7-12(11)19-13(20)21-9-4-2-1-3-5-9/h1-8H,(H,19,20). The van der Waals surface area contributed by atoms with Crippen molar-refractivity contribution in [3.63, 3.8) is 0 Å². The van der Waals surface area contributed by atoms with Crippen molar-refractivity contribution in [3.05, 3.63) is 54.3 Å². The normalized spacial score (nSPS) is 10.9. The van der Waals surface area contributed by atoms with Gasteiger partial charge in [0.2, 0.25) is 0 Å². The zero-order valence-electron chi connectivity index (χ0n) is 10.9. The first-order chi connectivity index (χ1) is 10.3. The Morgan fingerprint density at radius 2 is 1.68 bits per heavy atom. The average Bonchev–Trinajstić information content (AvgIpc) is 2.41. The van der Waals surface area contributed by atoms with E-state index in [-0.39, 0.29) is 11.4 Å². The fraction of sp³-hybridized carbons (Fsp3) is 0.0714. The second-order valence-electron chi connectivity index (χ2n) is 4.02. The van der Waals surface area contributed by atoms with Gasteiger partial charge in [-0.3, -0.25) is 5.32 Å². The number of nitrogens with one attached hydrogen (secondary N) is 1. The quantitative estimate of drug-likeness (QED) is 0.857. The molecule has 2 aromatic rings. The van der Waals surface area contributed by atoms with Gasteiger partial charge in [0.15, 0.2) is 5.82 Å². The summed E-state index contributed by atoms with van der Waals surface area (Å²) < 4.78 is 58.0. The van der Waals surface area contributed by atoms with E-state index in [2.05, 4.69) is 10.1 Å². The third kappa shape index (κ3) is 4.65. The van der Waals surface area contributed by atoms with Crippen molar-refractivity contribution in [2.45, 2.75) is 6.36 Å². The second-order valence-corrected chi connectivity index (χ2v) is 4.02. The van der Waals surface area contributed by atoms with Crippen molar-refractivity contribution in [1.29, 1.82) is 0 Å². The highest BCUT2D eigenvalue weighted by Crippen LogP contribution is 2.26. The number of para-hydroxylation sites is 1. The molecule has 0 unspecified atom stereocenters. The van der Waals surface area contributed by atoms with Gasteiger partial charge in [0.05, 0.1) is 5.69 Å². The van der Waals surface area contributed by atoms with Gasteiger partial charge in [0.1, 0.15) is 11.5 Å². The molecule has 2 rings (SSSR count). The van der Waals surface area contributed by atoms with Crippen LogP contribution in [0.5, 0.6) is 11.5 Å². The Kier molecular flexibility index (Phi) is 4.50. The molecule has 116 valence electrons. The SMILES string of the molecule is O=C(Nc1ccc(OC(F)(F)F)cc1F)Oc1ccccc1. The molecule has 0 radical (unpaired) electrons. The Hall–Kier alpha value is -2.77. The zero-order valence-corrected chi connectivity index (χ0v) is 10.9. The molecular weight excluding hydrogens is 306 g/mol. The van der Waals surface area contributed by atoms with Crippen LogP contribution in [0.25, 0.3) is 0 Å². The Bertz CT molecular complexity index is 659. The first-order valence-electron chi connectivity index (χ1n) is 5.93. The maximum absolute atomic E-state index is 13.6. The number of benzene rings is 2. The predicted octanol–water partition coefficient (Wildman–Crippen LogP) is 4.34. The summed E-state index contributed by atoms with van der Waals surface area (Å²) in [7, 11) is 0. The van der Waals surface area contributed by atoms with Crippen LogP contribution in [0.15, 0.2) is 48.5 Å². The van der Waals surface area contributed by atoms with Crippen LogP contribution in [0.1, 0.15) is 0 Å². The molecule has 0 atom stereocenters. The number of carbonyl (C=O) groups excluding carboxylic acids is 1. The maximum atomic E-state index is 13.6. The van der Waals surface area contributed by atoms with Gasteiger partial charge in [-0.1, -0.05) is 18.2 Å². The molecule has 2 aromatic carbocycles. The van der Waals surface area contributed by atoms with Crippen molar-refractivity contribution < 1.29 is 31.8 Å². The Morgan fingerprint density at radius 3 is 2.27 bits per heavy atom. The fourth-order valence-electron chi connectivity index (χ4n) is 1.53. The molecule has 0 fully saturated rings. The van der Waals surface area contributed by atoms with Gasteiger partial charge in [0.25, 0.3) is 0 Å². The first-order valence-corrected chi connectivity index (χ1v) is 5.93. The molecule has 0 aliphatic rings. The summed E-state index contributed by atoms with van der Waals surface area (Å²) in [4.78, 5) is 11.5. The molecule has 0 spiro atoms. The molecule has 4 nitrogen and oxygen atoms in total. The van der Waals surface area contributed by atoms with Crippen LogP contribution in [-0.4, -0.2) is 12.5 Å². The molecule has 1 amide bonds. The lowest BCUT2D eigenvalue weighted by Gasteiger charge is -2.11. The lowest BCUT2D eigenvalue weighted by Crippen LogP contribution is -2.19. The van der Waals surface area contributed by atoms with E-state index in [4.69, 9.17) is 4.74 Å². The minimum atomic E-state index is -4.92. The van der Waals surface area contributed by atoms with Crippen molar-refractivity contribution in [1.82, 2.24) is 0 Å². The van der Waals surface area contributed by atoms with E-state index in [1.54, 1.807) is 18.2 Å². The van der Waals surface area contributed by atoms with Gasteiger partial charge >= 0.3 is 12.5 Å². The summed E-state index contributed by atoms with van der Waals surface area (Å²) in [6, 6.07) is 10.3. The third-order valence-electron chi connectivity index (χ3n) is 2.36. The molecule has 0 bridgehead atoms. The summed E-state index contributed by atoms with van der Waals surface area (Å²) in [5.41, 5.74) is -0.338. The smallest absolute Gasteiger partial charge is 0.410 e. The molecule has 0 saturated carbocycles. The lowest BCUT2D eigenvalue weighted by molar-refractivity contribution is -0.274. The van der Waals surface area contributed by atoms with Crippen molar-refractivity contribution in [2.24, 2.45) is 0 Å².